The molecule has 0 saturated carbocycles. The maximum absolute atomic E-state index is 12.2. The Balaban J connectivity index is 2.69. The predicted octanol–water partition coefficient (Wildman–Crippen LogP) is 1.56. The molecule has 1 aromatic rings. The van der Waals surface area contributed by atoms with Crippen molar-refractivity contribution in [3.05, 3.63) is 16.3 Å². The number of hydrogen-bond acceptors (Lipinski definition) is 5. The fourth-order valence-electron chi connectivity index (χ4n) is 1.58. The first-order valence-corrected chi connectivity index (χ1v) is 8.75. The predicted molar refractivity (Wildman–Crippen MR) is 78.0 cm³/mol. The smallest absolute Gasteiger partial charge is 0.241 e. The highest BCUT2D eigenvalue weighted by molar-refractivity contribution is 7.89. The summed E-state index contributed by atoms with van der Waals surface area (Å²) in [5, 5.41) is 4.94. The van der Waals surface area contributed by atoms with Gasteiger partial charge in [0.1, 0.15) is 0 Å². The van der Waals surface area contributed by atoms with Gasteiger partial charge in [0.05, 0.1) is 11.0 Å². The van der Waals surface area contributed by atoms with E-state index in [1.165, 1.54) is 11.3 Å². The largest absolute Gasteiger partial charge is 0.377 e. The van der Waals surface area contributed by atoms with Crippen LogP contribution in [0, 0.1) is 0 Å². The van der Waals surface area contributed by atoms with E-state index >= 15 is 0 Å². The number of nitrogens with one attached hydrogen (secondary N) is 2. The quantitative estimate of drug-likeness (QED) is 0.726. The molecule has 1 aromatic heterocycles. The highest BCUT2D eigenvalue weighted by atomic mass is 32.2. The Morgan fingerprint density at radius 2 is 2.16 bits per heavy atom. The molecule has 0 aromatic carbocycles. The maximum atomic E-state index is 12.2. The highest BCUT2D eigenvalue weighted by Gasteiger charge is 2.20. The third-order valence-corrected chi connectivity index (χ3v) is 5.10. The number of rotatable bonds is 9. The maximum Gasteiger partial charge on any atom is 0.241 e. The van der Waals surface area contributed by atoms with Gasteiger partial charge >= 0.3 is 0 Å². The van der Waals surface area contributed by atoms with Crippen molar-refractivity contribution in [1.82, 2.24) is 10.0 Å². The SMILES string of the molecule is CCNCc1sccc1S(=O)(=O)NCC(C)OCC. The lowest BCUT2D eigenvalue weighted by Crippen LogP contribution is -2.32. The fourth-order valence-corrected chi connectivity index (χ4v) is 4.11. The Kier molecular flexibility index (Phi) is 6.95. The molecule has 1 unspecified atom stereocenters. The average molecular weight is 306 g/mol. The number of sulfonamides is 1. The van der Waals surface area contributed by atoms with Crippen LogP contribution in [0.25, 0.3) is 0 Å². The van der Waals surface area contributed by atoms with Crippen molar-refractivity contribution in [1.29, 1.82) is 0 Å². The van der Waals surface area contributed by atoms with Crippen LogP contribution in [0.15, 0.2) is 16.3 Å². The molecule has 110 valence electrons. The molecule has 0 fully saturated rings. The van der Waals surface area contributed by atoms with E-state index in [9.17, 15) is 8.42 Å². The Labute approximate surface area is 119 Å². The van der Waals surface area contributed by atoms with E-state index in [-0.39, 0.29) is 12.6 Å². The van der Waals surface area contributed by atoms with Crippen molar-refractivity contribution in [2.45, 2.75) is 38.3 Å². The van der Waals surface area contributed by atoms with Gasteiger partial charge in [0.15, 0.2) is 0 Å². The van der Waals surface area contributed by atoms with Crippen molar-refractivity contribution in [3.8, 4) is 0 Å². The van der Waals surface area contributed by atoms with Crippen LogP contribution < -0.4 is 10.0 Å². The van der Waals surface area contributed by atoms with Gasteiger partial charge in [0.2, 0.25) is 10.0 Å². The van der Waals surface area contributed by atoms with Crippen LogP contribution in [0.2, 0.25) is 0 Å². The van der Waals surface area contributed by atoms with E-state index in [1.54, 1.807) is 11.4 Å². The molecule has 0 bridgehead atoms. The van der Waals surface area contributed by atoms with E-state index < -0.39 is 10.0 Å². The molecule has 0 aliphatic carbocycles. The zero-order chi connectivity index (χ0) is 14.3. The van der Waals surface area contributed by atoms with Crippen LogP contribution in [-0.2, 0) is 21.3 Å². The summed E-state index contributed by atoms with van der Waals surface area (Å²) in [6.45, 7) is 7.97. The molecular weight excluding hydrogens is 284 g/mol. The lowest BCUT2D eigenvalue weighted by molar-refractivity contribution is 0.0799. The van der Waals surface area contributed by atoms with Gasteiger partial charge in [-0.15, -0.1) is 11.3 Å². The summed E-state index contributed by atoms with van der Waals surface area (Å²) in [6, 6.07) is 1.64. The van der Waals surface area contributed by atoms with E-state index in [0.29, 0.717) is 18.0 Å². The van der Waals surface area contributed by atoms with Crippen molar-refractivity contribution in [3.63, 3.8) is 0 Å². The molecule has 1 atom stereocenters. The van der Waals surface area contributed by atoms with Crippen molar-refractivity contribution in [2.75, 3.05) is 19.7 Å². The molecular formula is C12H22N2O3S2. The van der Waals surface area contributed by atoms with Crippen LogP contribution in [0.1, 0.15) is 25.6 Å². The van der Waals surface area contributed by atoms with Crippen LogP contribution in [0.5, 0.6) is 0 Å². The lowest BCUT2D eigenvalue weighted by atomic mass is 10.4. The molecule has 0 saturated heterocycles. The molecule has 5 nitrogen and oxygen atoms in total. The van der Waals surface area contributed by atoms with Gasteiger partial charge in [-0.2, -0.15) is 0 Å². The number of thiophene rings is 1. The Morgan fingerprint density at radius 1 is 1.42 bits per heavy atom. The van der Waals surface area contributed by atoms with Crippen LogP contribution in [0.4, 0.5) is 0 Å². The second kappa shape index (κ2) is 7.96. The van der Waals surface area contributed by atoms with Gasteiger partial charge in [0, 0.05) is 24.6 Å². The minimum Gasteiger partial charge on any atom is -0.377 e. The summed E-state index contributed by atoms with van der Waals surface area (Å²) >= 11 is 1.45. The molecule has 1 heterocycles. The molecule has 0 aliphatic rings. The van der Waals surface area contributed by atoms with Crippen LogP contribution in [-0.4, -0.2) is 34.2 Å². The second-order valence-corrected chi connectivity index (χ2v) is 6.84. The second-order valence-electron chi connectivity index (χ2n) is 4.11. The van der Waals surface area contributed by atoms with Crippen LogP contribution >= 0.6 is 11.3 Å². The fraction of sp³-hybridized carbons (Fsp3) is 0.667. The normalized spacial score (nSPS) is 13.6. The summed E-state index contributed by atoms with van der Waals surface area (Å²) < 4.78 is 32.3. The summed E-state index contributed by atoms with van der Waals surface area (Å²) in [6.07, 6.45) is -0.129. The molecule has 7 heteroatoms. The van der Waals surface area contributed by atoms with E-state index in [2.05, 4.69) is 10.0 Å². The van der Waals surface area contributed by atoms with E-state index in [1.807, 2.05) is 20.8 Å². The Morgan fingerprint density at radius 3 is 2.79 bits per heavy atom. The highest BCUT2D eigenvalue weighted by Crippen LogP contribution is 2.21. The van der Waals surface area contributed by atoms with Gasteiger partial charge in [-0.25, -0.2) is 13.1 Å². The molecule has 0 radical (unpaired) electrons. The third kappa shape index (κ3) is 5.19. The molecule has 19 heavy (non-hydrogen) atoms. The van der Waals surface area contributed by atoms with Crippen molar-refractivity contribution in [2.24, 2.45) is 0 Å². The topological polar surface area (TPSA) is 67.4 Å². The third-order valence-electron chi connectivity index (χ3n) is 2.54. The average Bonchev–Trinajstić information content (AvgIpc) is 2.83. The van der Waals surface area contributed by atoms with Gasteiger partial charge in [-0.05, 0) is 31.8 Å². The monoisotopic (exact) mass is 306 g/mol. The first-order valence-electron chi connectivity index (χ1n) is 6.39. The lowest BCUT2D eigenvalue weighted by Gasteiger charge is -2.13. The minimum absolute atomic E-state index is 0.129. The zero-order valence-electron chi connectivity index (χ0n) is 11.6. The molecule has 2 N–H and O–H groups in total. The van der Waals surface area contributed by atoms with E-state index in [4.69, 9.17) is 4.74 Å². The molecule has 1 rings (SSSR count). The molecule has 0 spiro atoms. The molecule has 0 aliphatic heterocycles. The summed E-state index contributed by atoms with van der Waals surface area (Å²) in [5.41, 5.74) is 0. The molecule has 0 amide bonds. The Bertz CT molecular complexity index is 471. The van der Waals surface area contributed by atoms with Crippen molar-refractivity contribution < 1.29 is 13.2 Å². The minimum atomic E-state index is -3.45. The van der Waals surface area contributed by atoms with Crippen molar-refractivity contribution >= 4 is 21.4 Å². The van der Waals surface area contributed by atoms with E-state index in [0.717, 1.165) is 11.4 Å². The summed E-state index contributed by atoms with van der Waals surface area (Å²) in [5.74, 6) is 0. The van der Waals surface area contributed by atoms with Gasteiger partial charge in [-0.1, -0.05) is 6.92 Å². The summed E-state index contributed by atoms with van der Waals surface area (Å²) in [7, 11) is -3.45. The first kappa shape index (κ1) is 16.6. The van der Waals surface area contributed by atoms with Gasteiger partial charge in [0.25, 0.3) is 0 Å². The standard InChI is InChI=1S/C12H22N2O3S2/c1-4-13-9-11-12(6-7-18-11)19(15,16)14-8-10(3)17-5-2/h6-7,10,13-14H,4-5,8-9H2,1-3H3. The van der Waals surface area contributed by atoms with Crippen LogP contribution in [0.3, 0.4) is 0 Å². The Hall–Kier alpha value is -0.470. The zero-order valence-corrected chi connectivity index (χ0v) is 13.2. The first-order chi connectivity index (χ1) is 9.01. The van der Waals surface area contributed by atoms with Gasteiger partial charge < -0.3 is 10.1 Å². The number of hydrogen-bond donors (Lipinski definition) is 2. The summed E-state index contributed by atoms with van der Waals surface area (Å²) in [4.78, 5) is 1.19. The van der Waals surface area contributed by atoms with Gasteiger partial charge in [-0.3, -0.25) is 0 Å². The number of ether oxygens (including phenoxy) is 1.